The second-order valence-corrected chi connectivity index (χ2v) is 10.2. The van der Waals surface area contributed by atoms with Crippen molar-refractivity contribution < 1.29 is 42.1 Å². The first kappa shape index (κ1) is 25.3. The Morgan fingerprint density at radius 2 is 2.09 bits per heavy atom. The summed E-state index contributed by atoms with van der Waals surface area (Å²) >= 11 is 0.957. The van der Waals surface area contributed by atoms with Crippen molar-refractivity contribution >= 4 is 56.2 Å². The Morgan fingerprint density at radius 1 is 1.41 bits per heavy atom. The number of nitrogens with one attached hydrogen (secondary N) is 1. The van der Waals surface area contributed by atoms with E-state index in [2.05, 4.69) is 15.5 Å². The van der Waals surface area contributed by atoms with Gasteiger partial charge in [0.2, 0.25) is 11.5 Å². The highest BCUT2D eigenvalue weighted by Gasteiger charge is 2.55. The van der Waals surface area contributed by atoms with Gasteiger partial charge in [0.1, 0.15) is 11.7 Å². The average Bonchev–Trinajstić information content (AvgIpc) is 3.32. The largest absolute Gasteiger partial charge is 0.478 e. The smallest absolute Gasteiger partial charge is 0.362 e. The summed E-state index contributed by atoms with van der Waals surface area (Å²) in [6.45, 7) is 2.46. The van der Waals surface area contributed by atoms with Gasteiger partial charge in [-0.2, -0.15) is 8.42 Å². The maximum atomic E-state index is 13.0. The lowest BCUT2D eigenvalue weighted by molar-refractivity contribution is -0.161. The van der Waals surface area contributed by atoms with Crippen molar-refractivity contribution in [2.24, 2.45) is 5.16 Å². The van der Waals surface area contributed by atoms with Crippen LogP contribution < -0.4 is 11.1 Å². The van der Waals surface area contributed by atoms with Gasteiger partial charge >= 0.3 is 16.3 Å². The van der Waals surface area contributed by atoms with Crippen molar-refractivity contribution in [2.75, 3.05) is 18.8 Å². The second-order valence-electron chi connectivity index (χ2n) is 7.99. The lowest BCUT2D eigenvalue weighted by Crippen LogP contribution is -2.74. The minimum absolute atomic E-state index is 0.0655. The van der Waals surface area contributed by atoms with Crippen LogP contribution in [0, 0.1) is 0 Å². The molecule has 34 heavy (non-hydrogen) atoms. The Morgan fingerprint density at radius 3 is 2.59 bits per heavy atom. The standard InChI is InChI=1S/C17H22N6O9S2/c1-17(2,15(27)28)32-21-11(8-7-33-16(18)19-8)13(25)20-12-9(6-22-5-3-4-10(22)24)23(14(12)26)34(29,30)31/h7,9,12H,3-6H2,1-2H3,(H2,18,19)(H,20,25)(H,27,28)(H,29,30,31)/b21-11+/t9-,12+/m1/s1. The molecule has 15 nitrogen and oxygen atoms in total. The van der Waals surface area contributed by atoms with Crippen LogP contribution >= 0.6 is 11.3 Å². The van der Waals surface area contributed by atoms with Crippen LogP contribution in [0.4, 0.5) is 5.13 Å². The molecule has 0 unspecified atom stereocenters. The van der Waals surface area contributed by atoms with Crippen LogP contribution in [0.5, 0.6) is 0 Å². The molecule has 3 amide bonds. The SMILES string of the molecule is CC(C)(O/N=C(/C(=O)N[C@@H]1C(=O)N(S(=O)(=O)O)[C@@H]1CN1CCCC1=O)c1csc(N)n1)C(=O)O. The van der Waals surface area contributed by atoms with Crippen LogP contribution in [0.15, 0.2) is 10.5 Å². The van der Waals surface area contributed by atoms with Crippen LogP contribution in [-0.2, 0) is 34.3 Å². The molecule has 0 aromatic carbocycles. The number of hydrogen-bond donors (Lipinski definition) is 4. The number of oxime groups is 1. The first-order valence-electron chi connectivity index (χ1n) is 9.82. The maximum absolute atomic E-state index is 13.0. The van der Waals surface area contributed by atoms with Crippen LogP contribution in [0.3, 0.4) is 0 Å². The molecule has 0 radical (unpaired) electrons. The predicted molar refractivity (Wildman–Crippen MR) is 116 cm³/mol. The van der Waals surface area contributed by atoms with Gasteiger partial charge in [-0.25, -0.2) is 14.1 Å². The van der Waals surface area contributed by atoms with Crippen molar-refractivity contribution in [2.45, 2.75) is 44.4 Å². The molecule has 0 bridgehead atoms. The highest BCUT2D eigenvalue weighted by molar-refractivity contribution is 7.84. The van der Waals surface area contributed by atoms with E-state index in [1.165, 1.54) is 24.1 Å². The first-order chi connectivity index (χ1) is 15.7. The van der Waals surface area contributed by atoms with E-state index < -0.39 is 51.5 Å². The fourth-order valence-corrected chi connectivity index (χ4v) is 4.69. The number of nitrogens with two attached hydrogens (primary N) is 1. The van der Waals surface area contributed by atoms with Crippen LogP contribution in [0.2, 0.25) is 0 Å². The maximum Gasteiger partial charge on any atom is 0.362 e. The molecule has 186 valence electrons. The predicted octanol–water partition coefficient (Wildman–Crippen LogP) is -1.57. The molecule has 2 aliphatic rings. The summed E-state index contributed by atoms with van der Waals surface area (Å²) in [7, 11) is -4.95. The Balaban J connectivity index is 1.87. The molecule has 3 heterocycles. The van der Waals surface area contributed by atoms with Gasteiger partial charge in [0.15, 0.2) is 10.8 Å². The fourth-order valence-electron chi connectivity index (χ4n) is 3.27. The molecule has 2 aliphatic heterocycles. The van der Waals surface area contributed by atoms with Crippen molar-refractivity contribution in [3.05, 3.63) is 11.1 Å². The van der Waals surface area contributed by atoms with Gasteiger partial charge in [0, 0.05) is 24.9 Å². The number of amides is 3. The van der Waals surface area contributed by atoms with Gasteiger partial charge < -0.3 is 25.9 Å². The van der Waals surface area contributed by atoms with Crippen LogP contribution in [0.1, 0.15) is 32.4 Å². The summed E-state index contributed by atoms with van der Waals surface area (Å²) in [5.74, 6) is -3.81. The zero-order valence-electron chi connectivity index (χ0n) is 18.0. The number of carboxylic acids is 1. The summed E-state index contributed by atoms with van der Waals surface area (Å²) in [6, 6.07) is -2.71. The number of anilines is 1. The Kier molecular flexibility index (Phi) is 6.81. The summed E-state index contributed by atoms with van der Waals surface area (Å²) in [5, 5.41) is 16.5. The fraction of sp³-hybridized carbons (Fsp3) is 0.529. The summed E-state index contributed by atoms with van der Waals surface area (Å²) in [5.41, 5.74) is 3.18. The number of aromatic nitrogens is 1. The quantitative estimate of drug-likeness (QED) is 0.126. The third-order valence-corrected chi connectivity index (χ3v) is 6.76. The van der Waals surface area contributed by atoms with E-state index in [1.54, 1.807) is 0 Å². The van der Waals surface area contributed by atoms with E-state index in [0.717, 1.165) is 11.3 Å². The van der Waals surface area contributed by atoms with Gasteiger partial charge in [-0.1, -0.05) is 5.16 Å². The minimum atomic E-state index is -4.95. The monoisotopic (exact) mass is 518 g/mol. The lowest BCUT2D eigenvalue weighted by Gasteiger charge is -2.45. The number of nitrogens with zero attached hydrogens (tertiary/aromatic N) is 4. The zero-order valence-corrected chi connectivity index (χ0v) is 19.6. The molecule has 2 fully saturated rings. The summed E-state index contributed by atoms with van der Waals surface area (Å²) in [6.07, 6.45) is 0.795. The summed E-state index contributed by atoms with van der Waals surface area (Å²) in [4.78, 5) is 58.9. The van der Waals surface area contributed by atoms with Gasteiger partial charge in [-0.3, -0.25) is 18.9 Å². The number of likely N-dealkylation sites (tertiary alicyclic amines) is 1. The average molecular weight is 519 g/mol. The molecule has 1 aromatic heterocycles. The van der Waals surface area contributed by atoms with Crippen molar-refractivity contribution in [1.29, 1.82) is 0 Å². The topological polar surface area (TPSA) is 222 Å². The number of nitrogen functional groups attached to an aromatic ring is 1. The number of thiazole rings is 1. The molecule has 1 aromatic rings. The highest BCUT2D eigenvalue weighted by Crippen LogP contribution is 2.26. The number of rotatable bonds is 9. The highest BCUT2D eigenvalue weighted by atomic mass is 32.2. The van der Waals surface area contributed by atoms with Gasteiger partial charge in [-0.05, 0) is 20.3 Å². The Bertz CT molecular complexity index is 1160. The normalized spacial score (nSPS) is 21.4. The van der Waals surface area contributed by atoms with E-state index in [1.807, 2.05) is 0 Å². The Hall–Kier alpha value is -3.31. The van der Waals surface area contributed by atoms with Crippen LogP contribution in [-0.4, -0.2) is 92.4 Å². The molecular weight excluding hydrogens is 496 g/mol. The summed E-state index contributed by atoms with van der Waals surface area (Å²) < 4.78 is 33.0. The molecule has 0 saturated carbocycles. The van der Waals surface area contributed by atoms with Gasteiger partial charge in [0.05, 0.1) is 6.04 Å². The minimum Gasteiger partial charge on any atom is -0.478 e. The van der Waals surface area contributed by atoms with E-state index in [4.69, 9.17) is 10.6 Å². The number of aliphatic carboxylic acids is 1. The van der Waals surface area contributed by atoms with E-state index in [0.29, 0.717) is 13.0 Å². The second kappa shape index (κ2) is 9.15. The van der Waals surface area contributed by atoms with E-state index in [9.17, 15) is 37.3 Å². The van der Waals surface area contributed by atoms with Crippen LogP contribution in [0.25, 0.3) is 0 Å². The molecule has 2 saturated heterocycles. The van der Waals surface area contributed by atoms with E-state index >= 15 is 0 Å². The number of β-lactam (4-membered cyclic amide) rings is 1. The van der Waals surface area contributed by atoms with Crippen molar-refractivity contribution in [3.63, 3.8) is 0 Å². The number of hydrogen-bond acceptors (Lipinski definition) is 11. The van der Waals surface area contributed by atoms with Gasteiger partial charge in [-0.15, -0.1) is 11.3 Å². The third-order valence-electron chi connectivity index (χ3n) is 5.14. The molecular formula is C17H22N6O9S2. The zero-order chi connectivity index (χ0) is 25.4. The lowest BCUT2D eigenvalue weighted by atomic mass is 9.97. The molecule has 5 N–H and O–H groups in total. The molecule has 0 spiro atoms. The van der Waals surface area contributed by atoms with Crippen molar-refractivity contribution in [1.82, 2.24) is 19.5 Å². The number of carbonyl (C=O) groups excluding carboxylic acids is 3. The molecule has 0 aliphatic carbocycles. The molecule has 3 rings (SSSR count). The number of carbonyl (C=O) groups is 4. The van der Waals surface area contributed by atoms with E-state index in [-0.39, 0.29) is 34.0 Å². The molecule has 17 heteroatoms. The molecule has 2 atom stereocenters. The number of carboxylic acid groups (broad SMARTS) is 1. The van der Waals surface area contributed by atoms with Gasteiger partial charge in [0.25, 0.3) is 11.8 Å². The Labute approximate surface area is 197 Å². The van der Waals surface area contributed by atoms with Crippen molar-refractivity contribution in [3.8, 4) is 0 Å². The first-order valence-corrected chi connectivity index (χ1v) is 12.1. The third kappa shape index (κ3) is 5.10.